The number of nitrogens with zero attached hydrogens (tertiary/aromatic N) is 2. The molecule has 0 atom stereocenters. The van der Waals surface area contributed by atoms with Crippen LogP contribution < -0.4 is 5.73 Å². The van der Waals surface area contributed by atoms with Crippen LogP contribution in [0.3, 0.4) is 0 Å². The lowest BCUT2D eigenvalue weighted by molar-refractivity contribution is 0.601. The van der Waals surface area contributed by atoms with Crippen LogP contribution in [0.4, 0.5) is 8.78 Å². The maximum atomic E-state index is 13.8. The van der Waals surface area contributed by atoms with E-state index < -0.39 is 11.6 Å². The van der Waals surface area contributed by atoms with Crippen molar-refractivity contribution < 1.29 is 8.78 Å². The van der Waals surface area contributed by atoms with Crippen molar-refractivity contribution in [3.63, 3.8) is 0 Å². The van der Waals surface area contributed by atoms with E-state index in [1.807, 2.05) is 0 Å². The Hall–Kier alpha value is -1.75. The molecule has 2 N–H and O–H groups in total. The number of hydrogen-bond donors (Lipinski definition) is 1. The van der Waals surface area contributed by atoms with Crippen LogP contribution in [0.2, 0.25) is 0 Å². The summed E-state index contributed by atoms with van der Waals surface area (Å²) in [5, 5.41) is 0. The first-order valence-corrected chi connectivity index (χ1v) is 5.72. The fourth-order valence-corrected chi connectivity index (χ4v) is 2.10. The first-order chi connectivity index (χ1) is 8.54. The molecule has 0 amide bonds. The largest absolute Gasteiger partial charge is 0.331 e. The van der Waals surface area contributed by atoms with Crippen LogP contribution in [0.1, 0.15) is 11.5 Å². The van der Waals surface area contributed by atoms with Crippen LogP contribution in [0, 0.1) is 18.6 Å². The molecule has 3 nitrogen and oxygen atoms in total. The molecule has 0 aliphatic heterocycles. The second kappa shape index (κ2) is 4.86. The minimum absolute atomic E-state index is 0.228. The lowest BCUT2D eigenvalue weighted by Gasteiger charge is -2.07. The molecule has 0 saturated carbocycles. The lowest BCUT2D eigenvalue weighted by atomic mass is 10.1. The fraction of sp³-hybridized carbons (Fsp3) is 0.308. The maximum Gasteiger partial charge on any atom is 0.132 e. The highest BCUT2D eigenvalue weighted by Crippen LogP contribution is 2.27. The normalized spacial score (nSPS) is 10.9. The van der Waals surface area contributed by atoms with Gasteiger partial charge in [0.1, 0.15) is 17.5 Å². The second-order valence-corrected chi connectivity index (χ2v) is 4.18. The summed E-state index contributed by atoms with van der Waals surface area (Å²) in [5.41, 5.74) is 6.99. The summed E-state index contributed by atoms with van der Waals surface area (Å²) in [6.45, 7) is 2.25. The zero-order valence-electron chi connectivity index (χ0n) is 10.4. The van der Waals surface area contributed by atoms with Gasteiger partial charge in [-0.2, -0.15) is 0 Å². The summed E-state index contributed by atoms with van der Waals surface area (Å²) in [6, 6.07) is 3.41. The van der Waals surface area contributed by atoms with Crippen molar-refractivity contribution in [3.8, 4) is 11.3 Å². The molecule has 0 aliphatic rings. The Morgan fingerprint density at radius 2 is 2.06 bits per heavy atom. The van der Waals surface area contributed by atoms with Gasteiger partial charge in [0.25, 0.3) is 0 Å². The van der Waals surface area contributed by atoms with Crippen molar-refractivity contribution in [3.05, 3.63) is 41.4 Å². The number of aromatic nitrogens is 2. The smallest absolute Gasteiger partial charge is 0.132 e. The summed E-state index contributed by atoms with van der Waals surface area (Å²) in [6.07, 6.45) is 0.605. The van der Waals surface area contributed by atoms with Crippen molar-refractivity contribution in [1.82, 2.24) is 9.55 Å². The van der Waals surface area contributed by atoms with Crippen LogP contribution in [-0.4, -0.2) is 16.1 Å². The molecule has 0 aliphatic carbocycles. The first kappa shape index (κ1) is 12.7. The van der Waals surface area contributed by atoms with E-state index in [0.29, 0.717) is 24.4 Å². The third-order valence-electron chi connectivity index (χ3n) is 2.91. The summed E-state index contributed by atoms with van der Waals surface area (Å²) >= 11 is 0. The van der Waals surface area contributed by atoms with Crippen molar-refractivity contribution in [1.29, 1.82) is 0 Å². The SMILES string of the molecule is Cc1nc(CCN)n(C)c1-c1cc(F)ccc1F. The zero-order chi connectivity index (χ0) is 13.3. The van der Waals surface area contributed by atoms with Gasteiger partial charge in [0.15, 0.2) is 0 Å². The van der Waals surface area contributed by atoms with Gasteiger partial charge in [0.2, 0.25) is 0 Å². The average Bonchev–Trinajstić information content (AvgIpc) is 2.59. The Morgan fingerprint density at radius 3 is 2.72 bits per heavy atom. The molecule has 1 aromatic heterocycles. The Balaban J connectivity index is 2.60. The van der Waals surface area contributed by atoms with Crippen molar-refractivity contribution in [2.75, 3.05) is 6.54 Å². The number of imidazole rings is 1. The van der Waals surface area contributed by atoms with E-state index in [-0.39, 0.29) is 5.56 Å². The van der Waals surface area contributed by atoms with E-state index in [4.69, 9.17) is 5.73 Å². The standard InChI is InChI=1S/C13H15F2N3/c1-8-13(18(2)12(17-8)5-6-16)10-7-9(14)3-4-11(10)15/h3-4,7H,5-6,16H2,1-2H3. The van der Waals surface area contributed by atoms with E-state index in [1.54, 1.807) is 18.5 Å². The maximum absolute atomic E-state index is 13.8. The van der Waals surface area contributed by atoms with E-state index in [2.05, 4.69) is 4.98 Å². The van der Waals surface area contributed by atoms with Crippen LogP contribution in [0.25, 0.3) is 11.3 Å². The number of nitrogens with two attached hydrogens (primary N) is 1. The van der Waals surface area contributed by atoms with Crippen LogP contribution >= 0.6 is 0 Å². The molecule has 2 aromatic rings. The summed E-state index contributed by atoms with van der Waals surface area (Å²) in [7, 11) is 1.78. The molecule has 0 spiro atoms. The van der Waals surface area contributed by atoms with Gasteiger partial charge in [-0.25, -0.2) is 13.8 Å². The molecular weight excluding hydrogens is 236 g/mol. The Bertz CT molecular complexity index is 576. The highest BCUT2D eigenvalue weighted by Gasteiger charge is 2.16. The molecule has 2 rings (SSSR count). The fourth-order valence-electron chi connectivity index (χ4n) is 2.10. The number of benzene rings is 1. The quantitative estimate of drug-likeness (QED) is 0.908. The minimum Gasteiger partial charge on any atom is -0.331 e. The van der Waals surface area contributed by atoms with E-state index in [1.165, 1.54) is 6.07 Å². The molecule has 0 saturated heterocycles. The van der Waals surface area contributed by atoms with E-state index in [9.17, 15) is 8.78 Å². The van der Waals surface area contributed by atoms with Gasteiger partial charge in [-0.1, -0.05) is 0 Å². The van der Waals surface area contributed by atoms with E-state index >= 15 is 0 Å². The molecule has 96 valence electrons. The zero-order valence-corrected chi connectivity index (χ0v) is 10.4. The third-order valence-corrected chi connectivity index (χ3v) is 2.91. The van der Waals surface area contributed by atoms with Crippen molar-refractivity contribution >= 4 is 0 Å². The third kappa shape index (κ3) is 2.13. The molecule has 0 bridgehead atoms. The number of hydrogen-bond acceptors (Lipinski definition) is 2. The Kier molecular flexibility index (Phi) is 3.43. The van der Waals surface area contributed by atoms with Crippen LogP contribution in [-0.2, 0) is 13.5 Å². The van der Waals surface area contributed by atoms with Gasteiger partial charge in [-0.3, -0.25) is 0 Å². The lowest BCUT2D eigenvalue weighted by Crippen LogP contribution is -2.08. The van der Waals surface area contributed by atoms with Gasteiger partial charge < -0.3 is 10.3 Å². The van der Waals surface area contributed by atoms with E-state index in [0.717, 1.165) is 18.0 Å². The summed E-state index contributed by atoms with van der Waals surface area (Å²) in [4.78, 5) is 4.34. The highest BCUT2D eigenvalue weighted by atomic mass is 19.1. The topological polar surface area (TPSA) is 43.8 Å². The molecule has 1 heterocycles. The van der Waals surface area contributed by atoms with Gasteiger partial charge in [-0.15, -0.1) is 0 Å². The highest BCUT2D eigenvalue weighted by molar-refractivity contribution is 5.63. The molecule has 5 heteroatoms. The van der Waals surface area contributed by atoms with Gasteiger partial charge >= 0.3 is 0 Å². The number of halogens is 2. The Labute approximate surface area is 104 Å². The predicted octanol–water partition coefficient (Wildman–Crippen LogP) is 2.17. The average molecular weight is 251 g/mol. The monoisotopic (exact) mass is 251 g/mol. The molecular formula is C13H15F2N3. The molecule has 1 aromatic carbocycles. The molecule has 0 unspecified atom stereocenters. The minimum atomic E-state index is -0.465. The van der Waals surface area contributed by atoms with Gasteiger partial charge in [0.05, 0.1) is 11.4 Å². The van der Waals surface area contributed by atoms with Crippen LogP contribution in [0.5, 0.6) is 0 Å². The van der Waals surface area contributed by atoms with Gasteiger partial charge in [0, 0.05) is 19.0 Å². The van der Waals surface area contributed by atoms with Crippen molar-refractivity contribution in [2.45, 2.75) is 13.3 Å². The predicted molar refractivity (Wildman–Crippen MR) is 66.1 cm³/mol. The molecule has 0 fully saturated rings. The number of aryl methyl sites for hydroxylation is 1. The Morgan fingerprint density at radius 1 is 1.33 bits per heavy atom. The first-order valence-electron chi connectivity index (χ1n) is 5.72. The summed E-state index contributed by atoms with van der Waals surface area (Å²) < 4.78 is 28.8. The van der Waals surface area contributed by atoms with Crippen molar-refractivity contribution in [2.24, 2.45) is 12.8 Å². The molecule has 18 heavy (non-hydrogen) atoms. The molecule has 0 radical (unpaired) electrons. The van der Waals surface area contributed by atoms with Gasteiger partial charge in [-0.05, 0) is 31.7 Å². The second-order valence-electron chi connectivity index (χ2n) is 4.18. The summed E-state index contributed by atoms with van der Waals surface area (Å²) in [5.74, 6) is -0.150. The number of rotatable bonds is 3. The van der Waals surface area contributed by atoms with Crippen LogP contribution in [0.15, 0.2) is 18.2 Å².